The van der Waals surface area contributed by atoms with Gasteiger partial charge in [-0.1, -0.05) is 30.3 Å². The maximum atomic E-state index is 14.1. The van der Waals surface area contributed by atoms with Crippen LogP contribution in [0.3, 0.4) is 0 Å². The normalized spacial score (nSPS) is 14.4. The molecule has 0 spiro atoms. The largest absolute Gasteiger partial charge is 0.489 e. The molecule has 1 saturated heterocycles. The number of carbonyl (C=O) groups excluding carboxylic acids is 1. The van der Waals surface area contributed by atoms with Crippen molar-refractivity contribution >= 4 is 28.3 Å². The highest BCUT2D eigenvalue weighted by molar-refractivity contribution is 6.07. The fourth-order valence-corrected chi connectivity index (χ4v) is 5.40. The quantitative estimate of drug-likeness (QED) is 0.261. The van der Waals surface area contributed by atoms with Gasteiger partial charge in [0.25, 0.3) is 5.91 Å². The Morgan fingerprint density at radius 1 is 1.15 bits per heavy atom. The second-order valence-electron chi connectivity index (χ2n) is 11.4. The van der Waals surface area contributed by atoms with Crippen LogP contribution in [0.1, 0.15) is 56.5 Å². The third-order valence-electron chi connectivity index (χ3n) is 7.28. The predicted octanol–water partition coefficient (Wildman–Crippen LogP) is 6.62. The molecule has 7 nitrogen and oxygen atoms in total. The van der Waals surface area contributed by atoms with E-state index in [0.717, 1.165) is 47.4 Å². The number of aromatic nitrogens is 2. The lowest BCUT2D eigenvalue weighted by molar-refractivity contribution is 0.0714. The van der Waals surface area contributed by atoms with Crippen molar-refractivity contribution in [3.8, 4) is 5.75 Å². The molecule has 2 N–H and O–H groups in total. The molecule has 1 aliphatic rings. The van der Waals surface area contributed by atoms with E-state index >= 15 is 0 Å². The van der Waals surface area contributed by atoms with Crippen molar-refractivity contribution in [2.75, 3.05) is 29.9 Å². The predicted molar refractivity (Wildman–Crippen MR) is 159 cm³/mol. The molecular weight excluding hydrogens is 505 g/mol. The summed E-state index contributed by atoms with van der Waals surface area (Å²) >= 11 is 0. The van der Waals surface area contributed by atoms with E-state index in [9.17, 15) is 9.18 Å². The van der Waals surface area contributed by atoms with Crippen LogP contribution < -0.4 is 15.0 Å². The van der Waals surface area contributed by atoms with Crippen molar-refractivity contribution in [3.05, 3.63) is 83.9 Å². The fourth-order valence-electron chi connectivity index (χ4n) is 5.40. The van der Waals surface area contributed by atoms with Gasteiger partial charge in [-0.2, -0.15) is 0 Å². The number of benzene rings is 2. The zero-order valence-electron chi connectivity index (χ0n) is 23.7. The Morgan fingerprint density at radius 2 is 1.90 bits per heavy atom. The average Bonchev–Trinajstić information content (AvgIpc) is 3.36. The number of amides is 1. The second kappa shape index (κ2) is 11.6. The molecule has 0 aliphatic carbocycles. The van der Waals surface area contributed by atoms with E-state index in [2.05, 4.69) is 27.1 Å². The summed E-state index contributed by atoms with van der Waals surface area (Å²) in [6.07, 6.45) is 4.69. The number of likely N-dealkylation sites (tertiary alicyclic amines) is 1. The molecule has 3 heterocycles. The summed E-state index contributed by atoms with van der Waals surface area (Å²) in [7, 11) is 0. The first kappa shape index (κ1) is 27.5. The molecule has 1 fully saturated rings. The lowest BCUT2D eigenvalue weighted by atomic mass is 10.0. The van der Waals surface area contributed by atoms with E-state index in [1.165, 1.54) is 12.3 Å². The summed E-state index contributed by atoms with van der Waals surface area (Å²) in [5, 5.41) is 4.27. The van der Waals surface area contributed by atoms with Gasteiger partial charge in [0.15, 0.2) is 5.82 Å². The van der Waals surface area contributed by atoms with Crippen LogP contribution >= 0.6 is 0 Å². The SMILES string of the molecule is CCN(c1ncc(F)cc1NC(C)(C)C)C1CCN(C(=O)c2c[nH]c3ccc(OCc4ccccc4)cc23)CC1. The van der Waals surface area contributed by atoms with E-state index in [4.69, 9.17) is 4.74 Å². The first-order valence-electron chi connectivity index (χ1n) is 14.0. The van der Waals surface area contributed by atoms with Crippen molar-refractivity contribution in [1.82, 2.24) is 14.9 Å². The minimum atomic E-state index is -0.362. The van der Waals surface area contributed by atoms with Gasteiger partial charge in [-0.05, 0) is 64.3 Å². The Hall–Kier alpha value is -4.07. The molecule has 0 radical (unpaired) electrons. The van der Waals surface area contributed by atoms with Crippen LogP contribution in [0.2, 0.25) is 0 Å². The molecular formula is C32H38FN5O2. The summed E-state index contributed by atoms with van der Waals surface area (Å²) in [5.41, 5.74) is 3.11. The van der Waals surface area contributed by atoms with Crippen LogP contribution in [0.5, 0.6) is 5.75 Å². The number of halogens is 1. The van der Waals surface area contributed by atoms with Gasteiger partial charge in [-0.3, -0.25) is 4.79 Å². The summed E-state index contributed by atoms with van der Waals surface area (Å²) in [6.45, 7) is 10.7. The number of pyridine rings is 1. The number of ether oxygens (including phenoxy) is 1. The van der Waals surface area contributed by atoms with E-state index in [-0.39, 0.29) is 23.3 Å². The van der Waals surface area contributed by atoms with Crippen LogP contribution in [-0.2, 0) is 6.61 Å². The van der Waals surface area contributed by atoms with Crippen LogP contribution in [0, 0.1) is 5.82 Å². The van der Waals surface area contributed by atoms with Crippen LogP contribution in [0.4, 0.5) is 15.9 Å². The van der Waals surface area contributed by atoms with E-state index < -0.39 is 0 Å². The molecule has 0 bridgehead atoms. The monoisotopic (exact) mass is 543 g/mol. The summed E-state index contributed by atoms with van der Waals surface area (Å²) in [4.78, 5) is 25.5. The highest BCUT2D eigenvalue weighted by Crippen LogP contribution is 2.32. The maximum absolute atomic E-state index is 14.1. The van der Waals surface area contributed by atoms with E-state index in [1.807, 2.05) is 74.2 Å². The molecule has 8 heteroatoms. The van der Waals surface area contributed by atoms with Crippen molar-refractivity contribution in [2.45, 2.75) is 58.7 Å². The van der Waals surface area contributed by atoms with Crippen molar-refractivity contribution < 1.29 is 13.9 Å². The molecule has 5 rings (SSSR count). The number of rotatable bonds is 8. The van der Waals surface area contributed by atoms with Crippen LogP contribution in [-0.4, -0.2) is 52.0 Å². The minimum Gasteiger partial charge on any atom is -0.489 e. The standard InChI is InChI=1S/C32H38FN5O2/c1-5-38(30-29(36-32(2,3)4)17-23(33)19-35-30)24-13-15-37(16-14-24)31(39)27-20-34-28-12-11-25(18-26(27)28)40-21-22-9-7-6-8-10-22/h6-12,17-20,24,34,36H,5,13-16,21H2,1-4H3. The smallest absolute Gasteiger partial charge is 0.256 e. The van der Waals surface area contributed by atoms with E-state index in [0.29, 0.717) is 30.9 Å². The number of fused-ring (bicyclic) bond motifs is 1. The molecule has 0 atom stereocenters. The summed E-state index contributed by atoms with van der Waals surface area (Å²) in [6, 6.07) is 17.6. The highest BCUT2D eigenvalue weighted by Gasteiger charge is 2.30. The fraction of sp³-hybridized carbons (Fsp3) is 0.375. The van der Waals surface area contributed by atoms with Crippen LogP contribution in [0.15, 0.2) is 67.0 Å². The molecule has 1 aliphatic heterocycles. The van der Waals surface area contributed by atoms with Crippen LogP contribution in [0.25, 0.3) is 10.9 Å². The molecule has 0 saturated carbocycles. The number of hydrogen-bond donors (Lipinski definition) is 2. The summed E-state index contributed by atoms with van der Waals surface area (Å²) < 4.78 is 20.1. The Kier molecular flexibility index (Phi) is 7.96. The number of nitrogens with zero attached hydrogens (tertiary/aromatic N) is 3. The third kappa shape index (κ3) is 6.22. The third-order valence-corrected chi connectivity index (χ3v) is 7.28. The summed E-state index contributed by atoms with van der Waals surface area (Å²) in [5.74, 6) is 1.14. The Labute approximate surface area is 235 Å². The van der Waals surface area contributed by atoms with Gasteiger partial charge in [-0.15, -0.1) is 0 Å². The lowest BCUT2D eigenvalue weighted by Gasteiger charge is -2.40. The van der Waals surface area contributed by atoms with Crippen molar-refractivity contribution in [1.29, 1.82) is 0 Å². The minimum absolute atomic E-state index is 0.0166. The van der Waals surface area contributed by atoms with Gasteiger partial charge in [0.2, 0.25) is 0 Å². The van der Waals surface area contributed by atoms with Gasteiger partial charge in [-0.25, -0.2) is 9.37 Å². The Bertz CT molecular complexity index is 1460. The molecule has 2 aromatic carbocycles. The van der Waals surface area contributed by atoms with Gasteiger partial charge in [0, 0.05) is 54.4 Å². The number of carbonyl (C=O) groups is 1. The number of piperidine rings is 1. The van der Waals surface area contributed by atoms with Crippen molar-refractivity contribution in [2.24, 2.45) is 0 Å². The first-order valence-corrected chi connectivity index (χ1v) is 14.0. The molecule has 0 unspecified atom stereocenters. The number of aromatic amines is 1. The van der Waals surface area contributed by atoms with Gasteiger partial charge in [0.1, 0.15) is 18.2 Å². The molecule has 2 aromatic heterocycles. The van der Waals surface area contributed by atoms with Gasteiger partial charge < -0.3 is 24.8 Å². The number of nitrogens with one attached hydrogen (secondary N) is 2. The van der Waals surface area contributed by atoms with Gasteiger partial charge >= 0.3 is 0 Å². The topological polar surface area (TPSA) is 73.5 Å². The highest BCUT2D eigenvalue weighted by atomic mass is 19.1. The van der Waals surface area contributed by atoms with Crippen molar-refractivity contribution in [3.63, 3.8) is 0 Å². The molecule has 4 aromatic rings. The molecule has 210 valence electrons. The van der Waals surface area contributed by atoms with Gasteiger partial charge in [0.05, 0.1) is 17.4 Å². The average molecular weight is 544 g/mol. The lowest BCUT2D eigenvalue weighted by Crippen LogP contribution is -2.47. The molecule has 1 amide bonds. The second-order valence-corrected chi connectivity index (χ2v) is 11.4. The molecule has 40 heavy (non-hydrogen) atoms. The van der Waals surface area contributed by atoms with E-state index in [1.54, 1.807) is 6.20 Å². The first-order chi connectivity index (χ1) is 19.2. The zero-order valence-corrected chi connectivity index (χ0v) is 23.7. The Morgan fingerprint density at radius 3 is 2.60 bits per heavy atom. The number of H-pyrrole nitrogens is 1. The zero-order chi connectivity index (χ0) is 28.3. The number of anilines is 2. The maximum Gasteiger partial charge on any atom is 0.256 e. The number of hydrogen-bond acceptors (Lipinski definition) is 5. The Balaban J connectivity index is 1.27.